The summed E-state index contributed by atoms with van der Waals surface area (Å²) in [5.41, 5.74) is -0.420. The van der Waals surface area contributed by atoms with Crippen LogP contribution in [0.25, 0.3) is 0 Å². The molecule has 0 bridgehead atoms. The van der Waals surface area contributed by atoms with Crippen LogP contribution in [0, 0.1) is 5.41 Å². The molecular formula is C13H27NO3. The zero-order chi connectivity index (χ0) is 13.1. The zero-order valence-electron chi connectivity index (χ0n) is 11.7. The minimum atomic E-state index is -0.420. The first-order chi connectivity index (χ1) is 8.10. The van der Waals surface area contributed by atoms with Crippen molar-refractivity contribution in [3.05, 3.63) is 0 Å². The first-order valence-electron chi connectivity index (χ1n) is 6.54. The molecule has 0 spiro atoms. The molecule has 0 rings (SSSR count). The van der Waals surface area contributed by atoms with Crippen molar-refractivity contribution in [2.45, 2.75) is 40.5 Å². The van der Waals surface area contributed by atoms with E-state index in [0.717, 1.165) is 12.8 Å². The molecule has 0 heterocycles. The smallest absolute Gasteiger partial charge is 0.228 e. The first-order valence-corrected chi connectivity index (χ1v) is 6.54. The molecule has 4 heteroatoms. The molecule has 0 fully saturated rings. The summed E-state index contributed by atoms with van der Waals surface area (Å²) in [4.78, 5) is 12.1. The molecule has 0 aromatic heterocycles. The number of hydrogen-bond donors (Lipinski definition) is 1. The molecule has 1 N–H and O–H groups in total. The molecule has 1 unspecified atom stereocenters. The maximum Gasteiger partial charge on any atom is 0.228 e. The fourth-order valence-corrected chi connectivity index (χ4v) is 1.72. The van der Waals surface area contributed by atoms with Gasteiger partial charge in [-0.05, 0) is 27.2 Å². The number of amides is 1. The van der Waals surface area contributed by atoms with Crippen molar-refractivity contribution in [3.63, 3.8) is 0 Å². The lowest BCUT2D eigenvalue weighted by Crippen LogP contribution is -2.43. The van der Waals surface area contributed by atoms with Gasteiger partial charge in [-0.25, -0.2) is 0 Å². The quantitative estimate of drug-likeness (QED) is 0.599. The third-order valence-corrected chi connectivity index (χ3v) is 2.71. The van der Waals surface area contributed by atoms with E-state index < -0.39 is 5.41 Å². The van der Waals surface area contributed by atoms with Crippen LogP contribution in [0.4, 0.5) is 0 Å². The van der Waals surface area contributed by atoms with Crippen LogP contribution in [0.3, 0.4) is 0 Å². The van der Waals surface area contributed by atoms with Gasteiger partial charge in [0.25, 0.3) is 0 Å². The second kappa shape index (κ2) is 9.42. The van der Waals surface area contributed by atoms with Gasteiger partial charge in [0.15, 0.2) is 0 Å². The Morgan fingerprint density at radius 1 is 1.18 bits per heavy atom. The highest BCUT2D eigenvalue weighted by molar-refractivity contribution is 5.82. The fourth-order valence-electron chi connectivity index (χ4n) is 1.72. The van der Waals surface area contributed by atoms with E-state index in [2.05, 4.69) is 12.2 Å². The van der Waals surface area contributed by atoms with Crippen LogP contribution < -0.4 is 5.32 Å². The second-order valence-electron chi connectivity index (χ2n) is 4.40. The van der Waals surface area contributed by atoms with Gasteiger partial charge >= 0.3 is 0 Å². The van der Waals surface area contributed by atoms with E-state index in [4.69, 9.17) is 9.47 Å². The third kappa shape index (κ3) is 6.64. The van der Waals surface area contributed by atoms with Crippen molar-refractivity contribution < 1.29 is 14.3 Å². The first kappa shape index (κ1) is 16.4. The maximum atomic E-state index is 12.1. The summed E-state index contributed by atoms with van der Waals surface area (Å²) >= 11 is 0. The summed E-state index contributed by atoms with van der Waals surface area (Å²) in [5.74, 6) is 0.0625. The number of ether oxygens (including phenoxy) is 2. The van der Waals surface area contributed by atoms with Crippen LogP contribution in [0.15, 0.2) is 0 Å². The Hall–Kier alpha value is -0.610. The number of carbonyl (C=O) groups is 1. The van der Waals surface area contributed by atoms with Crippen LogP contribution in [0.1, 0.15) is 40.5 Å². The molecule has 0 aromatic carbocycles. The molecule has 1 amide bonds. The molecule has 0 aliphatic rings. The van der Waals surface area contributed by atoms with E-state index in [1.165, 1.54) is 0 Å². The highest BCUT2D eigenvalue weighted by Crippen LogP contribution is 2.24. The summed E-state index contributed by atoms with van der Waals surface area (Å²) in [5, 5.41) is 2.91. The molecule has 0 radical (unpaired) electrons. The summed E-state index contributed by atoms with van der Waals surface area (Å²) in [6, 6.07) is 0. The van der Waals surface area contributed by atoms with Gasteiger partial charge in [-0.1, -0.05) is 13.3 Å². The topological polar surface area (TPSA) is 47.6 Å². The zero-order valence-corrected chi connectivity index (χ0v) is 11.7. The highest BCUT2D eigenvalue weighted by atomic mass is 16.5. The Bertz CT molecular complexity index is 209. The predicted octanol–water partition coefficient (Wildman–Crippen LogP) is 1.98. The fraction of sp³-hybridized carbons (Fsp3) is 0.923. The SMILES string of the molecule is CCCC(C)(COCC)C(=O)NCCOCC. The minimum Gasteiger partial charge on any atom is -0.381 e. The molecule has 4 nitrogen and oxygen atoms in total. The maximum absolute atomic E-state index is 12.1. The molecule has 0 aliphatic heterocycles. The molecule has 1 atom stereocenters. The van der Waals surface area contributed by atoms with E-state index >= 15 is 0 Å². The van der Waals surface area contributed by atoms with Gasteiger partial charge < -0.3 is 14.8 Å². The van der Waals surface area contributed by atoms with Crippen molar-refractivity contribution in [1.29, 1.82) is 0 Å². The molecule has 0 saturated carbocycles. The Morgan fingerprint density at radius 3 is 2.35 bits per heavy atom. The van der Waals surface area contributed by atoms with Crippen LogP contribution in [0.5, 0.6) is 0 Å². The average Bonchev–Trinajstić information content (AvgIpc) is 2.32. The summed E-state index contributed by atoms with van der Waals surface area (Å²) < 4.78 is 10.6. The lowest BCUT2D eigenvalue weighted by atomic mass is 9.85. The number of nitrogens with one attached hydrogen (secondary N) is 1. The number of hydrogen-bond acceptors (Lipinski definition) is 3. The largest absolute Gasteiger partial charge is 0.381 e. The minimum absolute atomic E-state index is 0.0625. The van der Waals surface area contributed by atoms with Crippen molar-refractivity contribution in [2.75, 3.05) is 33.0 Å². The molecular weight excluding hydrogens is 218 g/mol. The van der Waals surface area contributed by atoms with E-state index in [9.17, 15) is 4.79 Å². The second-order valence-corrected chi connectivity index (χ2v) is 4.40. The summed E-state index contributed by atoms with van der Waals surface area (Å²) in [6.45, 7) is 10.9. The average molecular weight is 245 g/mol. The highest BCUT2D eigenvalue weighted by Gasteiger charge is 2.32. The van der Waals surface area contributed by atoms with Gasteiger partial charge in [-0.3, -0.25) is 4.79 Å². The van der Waals surface area contributed by atoms with Crippen molar-refractivity contribution >= 4 is 5.91 Å². The van der Waals surface area contributed by atoms with Gasteiger partial charge in [0, 0.05) is 19.8 Å². The number of carbonyl (C=O) groups excluding carboxylic acids is 1. The van der Waals surface area contributed by atoms with E-state index in [1.807, 2.05) is 20.8 Å². The van der Waals surface area contributed by atoms with Crippen LogP contribution >= 0.6 is 0 Å². The van der Waals surface area contributed by atoms with Gasteiger partial charge in [0.1, 0.15) is 0 Å². The summed E-state index contributed by atoms with van der Waals surface area (Å²) in [7, 11) is 0. The van der Waals surface area contributed by atoms with Gasteiger partial charge in [-0.15, -0.1) is 0 Å². The normalized spacial score (nSPS) is 14.4. The van der Waals surface area contributed by atoms with Gasteiger partial charge in [0.2, 0.25) is 5.91 Å². The van der Waals surface area contributed by atoms with Crippen LogP contribution in [0.2, 0.25) is 0 Å². The molecule has 0 aromatic rings. The van der Waals surface area contributed by atoms with Crippen LogP contribution in [-0.4, -0.2) is 38.9 Å². The van der Waals surface area contributed by atoms with Crippen molar-refractivity contribution in [2.24, 2.45) is 5.41 Å². The van der Waals surface area contributed by atoms with Crippen molar-refractivity contribution in [3.8, 4) is 0 Å². The third-order valence-electron chi connectivity index (χ3n) is 2.71. The standard InChI is InChI=1S/C13H27NO3/c1-5-8-13(4,11-17-7-3)12(15)14-9-10-16-6-2/h5-11H2,1-4H3,(H,14,15). The van der Waals surface area contributed by atoms with Gasteiger partial charge in [-0.2, -0.15) is 0 Å². The van der Waals surface area contributed by atoms with Crippen LogP contribution in [-0.2, 0) is 14.3 Å². The Morgan fingerprint density at radius 2 is 1.82 bits per heavy atom. The summed E-state index contributed by atoms with van der Waals surface area (Å²) in [6.07, 6.45) is 1.82. The van der Waals surface area contributed by atoms with E-state index in [0.29, 0.717) is 33.0 Å². The lowest BCUT2D eigenvalue weighted by Gasteiger charge is -2.27. The molecule has 102 valence electrons. The number of rotatable bonds is 10. The molecule has 17 heavy (non-hydrogen) atoms. The van der Waals surface area contributed by atoms with Crippen molar-refractivity contribution in [1.82, 2.24) is 5.32 Å². The van der Waals surface area contributed by atoms with E-state index in [1.54, 1.807) is 0 Å². The lowest BCUT2D eigenvalue weighted by molar-refractivity contribution is -0.134. The molecule has 0 saturated heterocycles. The Labute approximate surface area is 105 Å². The van der Waals surface area contributed by atoms with E-state index in [-0.39, 0.29) is 5.91 Å². The predicted molar refractivity (Wildman–Crippen MR) is 69.0 cm³/mol. The molecule has 0 aliphatic carbocycles. The Balaban J connectivity index is 4.12. The monoisotopic (exact) mass is 245 g/mol. The van der Waals surface area contributed by atoms with Gasteiger partial charge in [0.05, 0.1) is 18.6 Å². The Kier molecular flexibility index (Phi) is 9.09.